The fraction of sp³-hybridized carbons (Fsp3) is 0.800. The average Bonchev–Trinajstić information content (AvgIpc) is 2.74. The van der Waals surface area contributed by atoms with Crippen LogP contribution in [0.25, 0.3) is 0 Å². The van der Waals surface area contributed by atoms with Gasteiger partial charge in [0, 0.05) is 0 Å². The van der Waals surface area contributed by atoms with Crippen LogP contribution in [-0.2, 0) is 19.1 Å². The summed E-state index contributed by atoms with van der Waals surface area (Å²) in [6, 6.07) is 0. The molecule has 0 radical (unpaired) electrons. The molecule has 0 fully saturated rings. The quantitative estimate of drug-likeness (QED) is 0.123. The molecule has 180 valence electrons. The van der Waals surface area contributed by atoms with E-state index >= 15 is 0 Å². The smallest absolute Gasteiger partial charge is 0.327 e. The van der Waals surface area contributed by atoms with Crippen molar-refractivity contribution in [3.05, 3.63) is 12.2 Å². The molecule has 0 aromatic heterocycles. The van der Waals surface area contributed by atoms with Gasteiger partial charge in [0.2, 0.25) is 0 Å². The van der Waals surface area contributed by atoms with E-state index in [0.717, 1.165) is 32.1 Å². The predicted octanol–water partition coefficient (Wildman–Crippen LogP) is 4.69. The van der Waals surface area contributed by atoms with Gasteiger partial charge in [0.05, 0.1) is 6.61 Å². The summed E-state index contributed by atoms with van der Waals surface area (Å²) < 4.78 is 4.95. The van der Waals surface area contributed by atoms with Gasteiger partial charge in [-0.3, -0.25) is 14.4 Å². The third kappa shape index (κ3) is 12.2. The van der Waals surface area contributed by atoms with E-state index in [1.807, 2.05) is 0 Å². The number of aliphatic hydroxyl groups excluding tert-OH is 2. The first-order chi connectivity index (χ1) is 14.8. The summed E-state index contributed by atoms with van der Waals surface area (Å²) in [6.45, 7) is 3.67. The van der Waals surface area contributed by atoms with Crippen molar-refractivity contribution in [2.45, 2.75) is 110 Å². The summed E-state index contributed by atoms with van der Waals surface area (Å²) >= 11 is 0. The van der Waals surface area contributed by atoms with Crippen molar-refractivity contribution in [1.82, 2.24) is 0 Å². The minimum absolute atomic E-state index is 0.111. The molecule has 0 spiro atoms. The fourth-order valence-corrected chi connectivity index (χ4v) is 3.62. The molecule has 31 heavy (non-hydrogen) atoms. The monoisotopic (exact) mass is 440 g/mol. The van der Waals surface area contributed by atoms with Crippen LogP contribution >= 0.6 is 0 Å². The van der Waals surface area contributed by atoms with Crippen LogP contribution in [0.5, 0.6) is 0 Å². The summed E-state index contributed by atoms with van der Waals surface area (Å²) in [5.41, 5.74) is -1.81. The molecule has 1 unspecified atom stereocenters. The van der Waals surface area contributed by atoms with Gasteiger partial charge in [-0.25, -0.2) is 0 Å². The number of hydrogen-bond acceptors (Lipinski definition) is 6. The van der Waals surface area contributed by atoms with Gasteiger partial charge < -0.3 is 14.9 Å². The SMILES string of the molecule is CCCCCCCCC=CCCCCCCC(C(C)=O)(C(C)=O)C(=O)OCC(O)CO. The van der Waals surface area contributed by atoms with Crippen LogP contribution in [0.4, 0.5) is 0 Å². The van der Waals surface area contributed by atoms with Crippen LogP contribution in [-0.4, -0.2) is 47.1 Å². The number of carbonyl (C=O) groups is 3. The molecular weight excluding hydrogens is 396 g/mol. The molecule has 2 N–H and O–H groups in total. The lowest BCUT2D eigenvalue weighted by molar-refractivity contribution is -0.166. The van der Waals surface area contributed by atoms with Gasteiger partial charge in [0.25, 0.3) is 0 Å². The zero-order valence-electron chi connectivity index (χ0n) is 19.9. The second-order valence-corrected chi connectivity index (χ2v) is 8.43. The van der Waals surface area contributed by atoms with Crippen molar-refractivity contribution >= 4 is 17.5 Å². The van der Waals surface area contributed by atoms with Gasteiger partial charge in [-0.05, 0) is 46.0 Å². The van der Waals surface area contributed by atoms with Gasteiger partial charge >= 0.3 is 5.97 Å². The molecule has 0 aromatic carbocycles. The van der Waals surface area contributed by atoms with E-state index in [-0.39, 0.29) is 6.42 Å². The lowest BCUT2D eigenvalue weighted by atomic mass is 9.75. The van der Waals surface area contributed by atoms with Crippen molar-refractivity contribution in [3.63, 3.8) is 0 Å². The first kappa shape index (κ1) is 29.5. The summed E-state index contributed by atoms with van der Waals surface area (Å²) in [6.07, 6.45) is 16.8. The third-order valence-corrected chi connectivity index (χ3v) is 5.73. The van der Waals surface area contributed by atoms with Crippen molar-refractivity contribution < 1.29 is 29.3 Å². The standard InChI is InChI=1S/C25H44O6/c1-4-5-6-7-8-9-10-11-12-13-14-15-16-17-18-25(21(2)27,22(3)28)24(30)31-20-23(29)19-26/h11-12,23,26,29H,4-10,13-20H2,1-3H3. The average molecular weight is 441 g/mol. The number of rotatable bonds is 20. The maximum absolute atomic E-state index is 12.5. The van der Waals surface area contributed by atoms with E-state index in [1.54, 1.807) is 0 Å². The molecular formula is C25H44O6. The normalized spacial score (nSPS) is 12.8. The third-order valence-electron chi connectivity index (χ3n) is 5.73. The number of ketones is 2. The number of allylic oxidation sites excluding steroid dienone is 2. The molecule has 0 saturated carbocycles. The predicted molar refractivity (Wildman–Crippen MR) is 123 cm³/mol. The molecule has 1 atom stereocenters. The van der Waals surface area contributed by atoms with Gasteiger partial charge in [-0.2, -0.15) is 0 Å². The zero-order valence-corrected chi connectivity index (χ0v) is 19.9. The van der Waals surface area contributed by atoms with Crippen LogP contribution < -0.4 is 0 Å². The first-order valence-electron chi connectivity index (χ1n) is 12.0. The molecule has 0 bridgehead atoms. The highest BCUT2D eigenvalue weighted by Gasteiger charge is 2.49. The largest absolute Gasteiger partial charge is 0.462 e. The van der Waals surface area contributed by atoms with E-state index in [4.69, 9.17) is 9.84 Å². The molecule has 0 aromatic rings. The van der Waals surface area contributed by atoms with Crippen molar-refractivity contribution in [3.8, 4) is 0 Å². The van der Waals surface area contributed by atoms with Crippen LogP contribution in [0.2, 0.25) is 0 Å². The Morgan fingerprint density at radius 2 is 1.32 bits per heavy atom. The van der Waals surface area contributed by atoms with Gasteiger partial charge in [0.1, 0.15) is 12.7 Å². The Morgan fingerprint density at radius 3 is 1.81 bits per heavy atom. The zero-order chi connectivity index (χ0) is 23.5. The molecule has 0 aliphatic carbocycles. The van der Waals surface area contributed by atoms with E-state index in [0.29, 0.717) is 6.42 Å². The Balaban J connectivity index is 4.21. The molecule has 0 heterocycles. The summed E-state index contributed by atoms with van der Waals surface area (Å²) in [5, 5.41) is 18.2. The number of carbonyl (C=O) groups excluding carboxylic acids is 3. The van der Waals surface area contributed by atoms with Crippen LogP contribution in [0.15, 0.2) is 12.2 Å². The van der Waals surface area contributed by atoms with E-state index in [1.165, 1.54) is 52.4 Å². The Morgan fingerprint density at radius 1 is 0.839 bits per heavy atom. The summed E-state index contributed by atoms with van der Waals surface area (Å²) in [7, 11) is 0. The van der Waals surface area contributed by atoms with Crippen molar-refractivity contribution in [2.24, 2.45) is 5.41 Å². The number of Topliss-reactive ketones (excluding diaryl/α,β-unsaturated/α-hetero) is 2. The van der Waals surface area contributed by atoms with E-state index < -0.39 is 42.3 Å². The summed E-state index contributed by atoms with van der Waals surface area (Å²) in [4.78, 5) is 36.8. The van der Waals surface area contributed by atoms with Gasteiger partial charge in [0.15, 0.2) is 17.0 Å². The maximum atomic E-state index is 12.5. The first-order valence-corrected chi connectivity index (χ1v) is 12.0. The molecule has 6 nitrogen and oxygen atoms in total. The van der Waals surface area contributed by atoms with E-state index in [2.05, 4.69) is 19.1 Å². The minimum atomic E-state index is -1.81. The number of esters is 1. The van der Waals surface area contributed by atoms with Crippen molar-refractivity contribution in [1.29, 1.82) is 0 Å². The Labute approximate surface area is 188 Å². The Hall–Kier alpha value is -1.53. The Kier molecular flexibility index (Phi) is 17.2. The molecule has 0 aliphatic heterocycles. The van der Waals surface area contributed by atoms with Crippen LogP contribution in [0.3, 0.4) is 0 Å². The second-order valence-electron chi connectivity index (χ2n) is 8.43. The molecule has 0 saturated heterocycles. The van der Waals surface area contributed by atoms with Crippen LogP contribution in [0, 0.1) is 5.41 Å². The topological polar surface area (TPSA) is 101 Å². The number of hydrogen-bond donors (Lipinski definition) is 2. The highest BCUT2D eigenvalue weighted by Crippen LogP contribution is 2.30. The highest BCUT2D eigenvalue weighted by molar-refractivity contribution is 6.21. The number of ether oxygens (including phenoxy) is 1. The molecule has 6 heteroatoms. The number of aliphatic hydroxyl groups is 2. The minimum Gasteiger partial charge on any atom is -0.462 e. The second kappa shape index (κ2) is 18.1. The lowest BCUT2D eigenvalue weighted by Gasteiger charge is -2.26. The van der Waals surface area contributed by atoms with Gasteiger partial charge in [-0.1, -0.05) is 70.4 Å². The Bertz CT molecular complexity index is 526. The molecule has 0 rings (SSSR count). The van der Waals surface area contributed by atoms with Crippen molar-refractivity contribution in [2.75, 3.05) is 13.2 Å². The maximum Gasteiger partial charge on any atom is 0.327 e. The van der Waals surface area contributed by atoms with E-state index in [9.17, 15) is 19.5 Å². The van der Waals surface area contributed by atoms with Gasteiger partial charge in [-0.15, -0.1) is 0 Å². The molecule has 0 aliphatic rings. The highest BCUT2D eigenvalue weighted by atomic mass is 16.5. The summed E-state index contributed by atoms with van der Waals surface area (Å²) in [5.74, 6) is -2.01. The fourth-order valence-electron chi connectivity index (χ4n) is 3.62. The number of unbranched alkanes of at least 4 members (excludes halogenated alkanes) is 10. The van der Waals surface area contributed by atoms with Crippen LogP contribution in [0.1, 0.15) is 104 Å². The lowest BCUT2D eigenvalue weighted by Crippen LogP contribution is -2.46. The molecule has 0 amide bonds.